The van der Waals surface area contributed by atoms with E-state index in [1.807, 2.05) is 84.9 Å². The highest BCUT2D eigenvalue weighted by Gasteiger charge is 2.18. The molecule has 0 radical (unpaired) electrons. The van der Waals surface area contributed by atoms with Crippen molar-refractivity contribution in [3.8, 4) is 22.6 Å². The largest absolute Gasteiger partial charge is 0.431 e. The van der Waals surface area contributed by atoms with E-state index in [1.54, 1.807) is 0 Å². The molecular weight excluding hydrogens is 392 g/mol. The Hall–Kier alpha value is -3.31. The van der Waals surface area contributed by atoms with Crippen LogP contribution in [0.5, 0.6) is 0 Å². The Morgan fingerprint density at radius 2 is 1.53 bits per heavy atom. The van der Waals surface area contributed by atoms with E-state index >= 15 is 0 Å². The molecule has 0 spiro atoms. The van der Waals surface area contributed by atoms with Crippen molar-refractivity contribution in [3.05, 3.63) is 90.5 Å². The van der Waals surface area contributed by atoms with Crippen LogP contribution >= 0.6 is 11.8 Å². The third-order valence-electron chi connectivity index (χ3n) is 4.66. The van der Waals surface area contributed by atoms with Gasteiger partial charge >= 0.3 is 0 Å². The van der Waals surface area contributed by atoms with E-state index in [2.05, 4.69) is 17.2 Å². The molecule has 4 nitrogen and oxygen atoms in total. The van der Waals surface area contributed by atoms with Crippen LogP contribution in [0.3, 0.4) is 0 Å². The molecule has 0 unspecified atom stereocenters. The first-order valence-electron chi connectivity index (χ1n) is 9.86. The first kappa shape index (κ1) is 20.0. The molecule has 0 saturated heterocycles. The van der Waals surface area contributed by atoms with E-state index in [1.165, 1.54) is 17.3 Å². The van der Waals surface area contributed by atoms with Gasteiger partial charge in [0.1, 0.15) is 5.69 Å². The van der Waals surface area contributed by atoms with Crippen molar-refractivity contribution in [1.29, 1.82) is 0 Å². The molecule has 1 N–H and O–H groups in total. The molecule has 1 amide bonds. The van der Waals surface area contributed by atoms with E-state index in [0.29, 0.717) is 11.0 Å². The fraction of sp³-hybridized carbons (Fsp3) is 0.120. The fourth-order valence-electron chi connectivity index (χ4n) is 3.09. The number of aryl methyl sites for hydroxylation is 1. The summed E-state index contributed by atoms with van der Waals surface area (Å²) in [7, 11) is 0. The van der Waals surface area contributed by atoms with Gasteiger partial charge < -0.3 is 9.73 Å². The summed E-state index contributed by atoms with van der Waals surface area (Å²) in [6, 6.07) is 27.7. The smallest absolute Gasteiger partial charge is 0.257 e. The lowest BCUT2D eigenvalue weighted by Gasteiger charge is -2.05. The molecule has 0 fully saturated rings. The monoisotopic (exact) mass is 414 g/mol. The molecule has 30 heavy (non-hydrogen) atoms. The number of anilines is 1. The summed E-state index contributed by atoms with van der Waals surface area (Å²) >= 11 is 1.29. The summed E-state index contributed by atoms with van der Waals surface area (Å²) < 4.78 is 6.06. The van der Waals surface area contributed by atoms with Crippen LogP contribution in [-0.2, 0) is 11.2 Å². The van der Waals surface area contributed by atoms with Crippen molar-refractivity contribution in [2.75, 3.05) is 11.1 Å². The topological polar surface area (TPSA) is 55.1 Å². The van der Waals surface area contributed by atoms with Crippen molar-refractivity contribution >= 4 is 23.4 Å². The minimum absolute atomic E-state index is 0.0926. The molecule has 0 aliphatic rings. The summed E-state index contributed by atoms with van der Waals surface area (Å²) in [5, 5.41) is 3.40. The van der Waals surface area contributed by atoms with Gasteiger partial charge in [0.25, 0.3) is 5.22 Å². The summed E-state index contributed by atoms with van der Waals surface area (Å²) in [5.41, 5.74) is 4.74. The standard InChI is InChI=1S/C25H22N2O2S/c1-2-18-13-15-21(16-14-18)26-22(28)17-30-25-27-23(19-9-5-3-6-10-19)24(29-25)20-11-7-4-8-12-20/h3-16H,2,17H2,1H3,(H,26,28). The molecule has 4 rings (SSSR count). The number of amides is 1. The van der Waals surface area contributed by atoms with Crippen LogP contribution in [-0.4, -0.2) is 16.6 Å². The van der Waals surface area contributed by atoms with Gasteiger partial charge in [0.15, 0.2) is 5.76 Å². The van der Waals surface area contributed by atoms with Crippen LogP contribution in [0.15, 0.2) is 94.6 Å². The number of thioether (sulfide) groups is 1. The summed E-state index contributed by atoms with van der Waals surface area (Å²) in [6.45, 7) is 2.11. The Morgan fingerprint density at radius 1 is 0.900 bits per heavy atom. The number of carbonyl (C=O) groups excluding carboxylic acids is 1. The Labute approximate surface area is 180 Å². The van der Waals surface area contributed by atoms with Crippen molar-refractivity contribution in [1.82, 2.24) is 4.98 Å². The van der Waals surface area contributed by atoms with E-state index in [0.717, 1.165) is 28.9 Å². The number of benzene rings is 3. The second-order valence-electron chi connectivity index (χ2n) is 6.78. The number of rotatable bonds is 7. The molecule has 1 aromatic heterocycles. The fourth-order valence-corrected chi connectivity index (χ4v) is 3.71. The van der Waals surface area contributed by atoms with Crippen molar-refractivity contribution in [2.24, 2.45) is 0 Å². The third-order valence-corrected chi connectivity index (χ3v) is 5.49. The number of carbonyl (C=O) groups is 1. The van der Waals surface area contributed by atoms with Gasteiger partial charge in [-0.1, -0.05) is 91.5 Å². The molecule has 4 aromatic rings. The molecule has 5 heteroatoms. The highest BCUT2D eigenvalue weighted by molar-refractivity contribution is 7.99. The predicted molar refractivity (Wildman–Crippen MR) is 123 cm³/mol. The van der Waals surface area contributed by atoms with Gasteiger partial charge in [0.2, 0.25) is 5.91 Å². The highest BCUT2D eigenvalue weighted by Crippen LogP contribution is 2.35. The lowest BCUT2D eigenvalue weighted by molar-refractivity contribution is -0.113. The summed E-state index contributed by atoms with van der Waals surface area (Å²) in [4.78, 5) is 17.0. The normalized spacial score (nSPS) is 10.7. The maximum Gasteiger partial charge on any atom is 0.257 e. The average Bonchev–Trinajstić information content (AvgIpc) is 3.24. The van der Waals surface area contributed by atoms with E-state index in [4.69, 9.17) is 4.42 Å². The van der Waals surface area contributed by atoms with Gasteiger partial charge in [-0.3, -0.25) is 4.79 Å². The van der Waals surface area contributed by atoms with Gasteiger partial charge in [0.05, 0.1) is 5.75 Å². The molecule has 0 atom stereocenters. The van der Waals surface area contributed by atoms with Gasteiger partial charge in [-0.15, -0.1) is 0 Å². The van der Waals surface area contributed by atoms with Crippen molar-refractivity contribution < 1.29 is 9.21 Å². The first-order valence-corrected chi connectivity index (χ1v) is 10.8. The Balaban J connectivity index is 1.50. The zero-order valence-corrected chi connectivity index (χ0v) is 17.5. The van der Waals surface area contributed by atoms with Gasteiger partial charge in [-0.2, -0.15) is 0 Å². The van der Waals surface area contributed by atoms with E-state index in [9.17, 15) is 4.79 Å². The minimum atomic E-state index is -0.0926. The van der Waals surface area contributed by atoms with Crippen molar-refractivity contribution in [3.63, 3.8) is 0 Å². The lowest BCUT2D eigenvalue weighted by Crippen LogP contribution is -2.13. The van der Waals surface area contributed by atoms with Crippen LogP contribution < -0.4 is 5.32 Å². The predicted octanol–water partition coefficient (Wildman–Crippen LogP) is 6.30. The molecule has 0 aliphatic heterocycles. The number of nitrogens with one attached hydrogen (secondary N) is 1. The SMILES string of the molecule is CCc1ccc(NC(=O)CSc2nc(-c3ccccc3)c(-c3ccccc3)o2)cc1. The van der Waals surface area contributed by atoms with Gasteiger partial charge in [0, 0.05) is 16.8 Å². The first-order chi connectivity index (χ1) is 14.7. The van der Waals surface area contributed by atoms with E-state index in [-0.39, 0.29) is 11.7 Å². The number of aromatic nitrogens is 1. The molecule has 150 valence electrons. The quantitative estimate of drug-likeness (QED) is 0.361. The molecular formula is C25H22N2O2S. The summed E-state index contributed by atoms with van der Waals surface area (Å²) in [5.74, 6) is 0.836. The number of oxazole rings is 1. The molecule has 0 aliphatic carbocycles. The van der Waals surface area contributed by atoms with Crippen LogP contribution in [0.1, 0.15) is 12.5 Å². The van der Waals surface area contributed by atoms with E-state index < -0.39 is 0 Å². The molecule has 0 saturated carbocycles. The third kappa shape index (κ3) is 4.81. The second kappa shape index (κ2) is 9.46. The Morgan fingerprint density at radius 3 is 2.17 bits per heavy atom. The zero-order chi connectivity index (χ0) is 20.8. The maximum atomic E-state index is 12.4. The minimum Gasteiger partial charge on any atom is -0.431 e. The zero-order valence-electron chi connectivity index (χ0n) is 16.7. The Kier molecular flexibility index (Phi) is 6.30. The van der Waals surface area contributed by atoms with Gasteiger partial charge in [-0.25, -0.2) is 4.98 Å². The molecule has 1 heterocycles. The maximum absolute atomic E-state index is 12.4. The van der Waals surface area contributed by atoms with Crippen LogP contribution in [0, 0.1) is 0 Å². The second-order valence-corrected chi connectivity index (χ2v) is 7.70. The van der Waals surface area contributed by atoms with Crippen molar-refractivity contribution in [2.45, 2.75) is 18.6 Å². The average molecular weight is 415 g/mol. The Bertz CT molecular complexity index is 1050. The molecule has 3 aromatic carbocycles. The highest BCUT2D eigenvalue weighted by atomic mass is 32.2. The number of hydrogen-bond donors (Lipinski definition) is 1. The number of hydrogen-bond acceptors (Lipinski definition) is 4. The lowest BCUT2D eigenvalue weighted by atomic mass is 10.1. The van der Waals surface area contributed by atoms with Gasteiger partial charge in [-0.05, 0) is 24.1 Å². The van der Waals surface area contributed by atoms with Crippen LogP contribution in [0.2, 0.25) is 0 Å². The number of nitrogens with zero attached hydrogens (tertiary/aromatic N) is 1. The summed E-state index contributed by atoms with van der Waals surface area (Å²) in [6.07, 6.45) is 0.974. The van der Waals surface area contributed by atoms with Crippen LogP contribution in [0.25, 0.3) is 22.6 Å². The molecule has 0 bridgehead atoms. The van der Waals surface area contributed by atoms with Crippen LogP contribution in [0.4, 0.5) is 5.69 Å².